The minimum absolute atomic E-state index is 0.00880. The molecule has 17 heavy (non-hydrogen) atoms. The Balaban J connectivity index is 2.08. The minimum atomic E-state index is -0.487. The highest BCUT2D eigenvalue weighted by Crippen LogP contribution is 2.34. The fourth-order valence-corrected chi connectivity index (χ4v) is 2.47. The number of nitrogens with one attached hydrogen (secondary N) is 1. The van der Waals surface area contributed by atoms with Crippen LogP contribution in [0.4, 0.5) is 5.69 Å². The molecular formula is C12H12N2O3. The Morgan fingerprint density at radius 1 is 1.35 bits per heavy atom. The van der Waals surface area contributed by atoms with Crippen LogP contribution in [0.15, 0.2) is 18.2 Å². The van der Waals surface area contributed by atoms with Crippen LogP contribution in [0.5, 0.6) is 5.75 Å². The summed E-state index contributed by atoms with van der Waals surface area (Å²) in [5, 5.41) is 12.6. The Morgan fingerprint density at radius 3 is 2.88 bits per heavy atom. The summed E-state index contributed by atoms with van der Waals surface area (Å²) in [7, 11) is 0. The Bertz CT molecular complexity index is 506. The van der Waals surface area contributed by atoms with Crippen molar-refractivity contribution in [1.29, 1.82) is 0 Å². The molecule has 88 valence electrons. The second-order valence-corrected chi connectivity index (χ2v) is 4.35. The first-order valence-electron chi connectivity index (χ1n) is 5.60. The molecule has 2 aliphatic rings. The molecule has 1 amide bonds. The van der Waals surface area contributed by atoms with E-state index in [0.717, 1.165) is 13.0 Å². The van der Waals surface area contributed by atoms with E-state index >= 15 is 0 Å². The summed E-state index contributed by atoms with van der Waals surface area (Å²) in [6.07, 6.45) is 0.827. The predicted molar refractivity (Wildman–Crippen MR) is 61.2 cm³/mol. The quantitative estimate of drug-likeness (QED) is 0.682. The summed E-state index contributed by atoms with van der Waals surface area (Å²) >= 11 is 0. The van der Waals surface area contributed by atoms with Crippen molar-refractivity contribution in [2.24, 2.45) is 0 Å². The highest BCUT2D eigenvalue weighted by molar-refractivity contribution is 6.52. The molecule has 1 fully saturated rings. The third-order valence-corrected chi connectivity index (χ3v) is 3.30. The van der Waals surface area contributed by atoms with Crippen LogP contribution < -0.4 is 10.2 Å². The van der Waals surface area contributed by atoms with Crippen molar-refractivity contribution in [2.45, 2.75) is 12.5 Å². The first kappa shape index (κ1) is 10.3. The summed E-state index contributed by atoms with van der Waals surface area (Å²) < 4.78 is 0. The summed E-state index contributed by atoms with van der Waals surface area (Å²) in [5.41, 5.74) is 0.924. The number of ketones is 1. The number of carbonyl (C=O) groups is 2. The Labute approximate surface area is 98.0 Å². The summed E-state index contributed by atoms with van der Waals surface area (Å²) in [6.45, 7) is 1.53. The third-order valence-electron chi connectivity index (χ3n) is 3.30. The van der Waals surface area contributed by atoms with E-state index in [-0.39, 0.29) is 11.8 Å². The molecule has 2 aliphatic heterocycles. The lowest BCUT2D eigenvalue weighted by atomic mass is 10.1. The average Bonchev–Trinajstić information content (AvgIpc) is 2.88. The SMILES string of the molecule is O=C1C(=O)N(C2CCNC2)c2cc(O)ccc21. The van der Waals surface area contributed by atoms with Gasteiger partial charge in [-0.15, -0.1) is 0 Å². The van der Waals surface area contributed by atoms with Gasteiger partial charge in [-0.3, -0.25) is 9.59 Å². The largest absolute Gasteiger partial charge is 0.508 e. The molecule has 3 rings (SSSR count). The number of anilines is 1. The van der Waals surface area contributed by atoms with Gasteiger partial charge in [0, 0.05) is 12.6 Å². The molecule has 0 radical (unpaired) electrons. The van der Waals surface area contributed by atoms with Crippen LogP contribution in [0.2, 0.25) is 0 Å². The van der Waals surface area contributed by atoms with Gasteiger partial charge < -0.3 is 15.3 Å². The van der Waals surface area contributed by atoms with Crippen LogP contribution in [0.1, 0.15) is 16.8 Å². The van der Waals surface area contributed by atoms with Crippen molar-refractivity contribution in [3.05, 3.63) is 23.8 Å². The van der Waals surface area contributed by atoms with Gasteiger partial charge in [-0.25, -0.2) is 0 Å². The van der Waals surface area contributed by atoms with E-state index in [1.54, 1.807) is 0 Å². The number of Topliss-reactive ketones (excluding diaryl/α,β-unsaturated/α-hetero) is 1. The van der Waals surface area contributed by atoms with Gasteiger partial charge in [0.2, 0.25) is 0 Å². The van der Waals surface area contributed by atoms with E-state index in [0.29, 0.717) is 17.8 Å². The average molecular weight is 232 g/mol. The number of amides is 1. The second-order valence-electron chi connectivity index (χ2n) is 4.35. The first-order valence-corrected chi connectivity index (χ1v) is 5.60. The van der Waals surface area contributed by atoms with E-state index in [9.17, 15) is 14.7 Å². The fourth-order valence-electron chi connectivity index (χ4n) is 2.47. The Kier molecular flexibility index (Phi) is 2.16. The minimum Gasteiger partial charge on any atom is -0.508 e. The van der Waals surface area contributed by atoms with Crippen LogP contribution in [0.25, 0.3) is 0 Å². The topological polar surface area (TPSA) is 69.6 Å². The van der Waals surface area contributed by atoms with Gasteiger partial charge in [-0.2, -0.15) is 0 Å². The molecule has 5 heteroatoms. The lowest BCUT2D eigenvalue weighted by molar-refractivity contribution is -0.114. The molecule has 0 spiro atoms. The number of phenolic OH excluding ortho intramolecular Hbond substituents is 1. The first-order chi connectivity index (χ1) is 8.18. The van der Waals surface area contributed by atoms with Crippen LogP contribution >= 0.6 is 0 Å². The van der Waals surface area contributed by atoms with Crippen molar-refractivity contribution in [3.8, 4) is 5.75 Å². The summed E-state index contributed by atoms with van der Waals surface area (Å²) in [6, 6.07) is 4.43. The molecule has 0 saturated carbocycles. The van der Waals surface area contributed by atoms with Crippen LogP contribution in [-0.4, -0.2) is 35.9 Å². The highest BCUT2D eigenvalue weighted by atomic mass is 16.3. The molecule has 2 N–H and O–H groups in total. The van der Waals surface area contributed by atoms with Gasteiger partial charge in [-0.05, 0) is 25.1 Å². The smallest absolute Gasteiger partial charge is 0.299 e. The van der Waals surface area contributed by atoms with Crippen molar-refractivity contribution in [3.63, 3.8) is 0 Å². The zero-order valence-corrected chi connectivity index (χ0v) is 9.14. The molecule has 1 aromatic rings. The van der Waals surface area contributed by atoms with Crippen molar-refractivity contribution in [2.75, 3.05) is 18.0 Å². The van der Waals surface area contributed by atoms with Gasteiger partial charge in [0.05, 0.1) is 17.3 Å². The predicted octanol–water partition coefficient (Wildman–Crippen LogP) is 0.283. The maximum atomic E-state index is 11.9. The number of fused-ring (bicyclic) bond motifs is 1. The monoisotopic (exact) mass is 232 g/mol. The normalized spacial score (nSPS) is 23.3. The van der Waals surface area contributed by atoms with Gasteiger partial charge in [0.25, 0.3) is 11.7 Å². The van der Waals surface area contributed by atoms with Crippen LogP contribution in [-0.2, 0) is 4.79 Å². The second kappa shape index (κ2) is 3.56. The van der Waals surface area contributed by atoms with E-state index in [2.05, 4.69) is 5.32 Å². The molecule has 0 bridgehead atoms. The molecule has 0 aliphatic carbocycles. The maximum Gasteiger partial charge on any atom is 0.299 e. The van der Waals surface area contributed by atoms with Crippen LogP contribution in [0, 0.1) is 0 Å². The lowest BCUT2D eigenvalue weighted by Gasteiger charge is -2.23. The molecule has 1 unspecified atom stereocenters. The van der Waals surface area contributed by atoms with Gasteiger partial charge in [-0.1, -0.05) is 0 Å². The number of aromatic hydroxyl groups is 1. The van der Waals surface area contributed by atoms with Crippen LogP contribution in [0.3, 0.4) is 0 Å². The van der Waals surface area contributed by atoms with Gasteiger partial charge in [0.15, 0.2) is 0 Å². The molecule has 2 heterocycles. The fraction of sp³-hybridized carbons (Fsp3) is 0.333. The van der Waals surface area contributed by atoms with E-state index in [1.165, 1.54) is 23.1 Å². The zero-order valence-electron chi connectivity index (χ0n) is 9.14. The molecule has 0 aromatic heterocycles. The standard InChI is InChI=1S/C12H12N2O3/c15-8-1-2-9-10(5-8)14(12(17)11(9)16)7-3-4-13-6-7/h1-2,5,7,13,15H,3-4,6H2. The van der Waals surface area contributed by atoms with Crippen molar-refractivity contribution >= 4 is 17.4 Å². The number of rotatable bonds is 1. The van der Waals surface area contributed by atoms with Gasteiger partial charge in [0.1, 0.15) is 5.75 Å². The molecular weight excluding hydrogens is 220 g/mol. The summed E-state index contributed by atoms with van der Waals surface area (Å²) in [4.78, 5) is 25.2. The molecule has 1 atom stereocenters. The number of phenols is 1. The Morgan fingerprint density at radius 2 is 2.18 bits per heavy atom. The number of hydrogen-bond acceptors (Lipinski definition) is 4. The van der Waals surface area contributed by atoms with E-state index < -0.39 is 11.7 Å². The molecule has 1 saturated heterocycles. The van der Waals surface area contributed by atoms with E-state index in [1.807, 2.05) is 0 Å². The van der Waals surface area contributed by atoms with Crippen molar-refractivity contribution in [1.82, 2.24) is 5.32 Å². The Hall–Kier alpha value is -1.88. The maximum absolute atomic E-state index is 11.9. The molecule has 1 aromatic carbocycles. The third kappa shape index (κ3) is 1.43. The lowest BCUT2D eigenvalue weighted by Crippen LogP contribution is -2.40. The number of benzene rings is 1. The zero-order chi connectivity index (χ0) is 12.0. The number of nitrogens with zero attached hydrogens (tertiary/aromatic N) is 1. The van der Waals surface area contributed by atoms with E-state index in [4.69, 9.17) is 0 Å². The number of carbonyl (C=O) groups excluding carboxylic acids is 2. The highest BCUT2D eigenvalue weighted by Gasteiger charge is 2.40. The van der Waals surface area contributed by atoms with Crippen molar-refractivity contribution < 1.29 is 14.7 Å². The summed E-state index contributed by atoms with van der Waals surface area (Å²) in [5.74, 6) is -0.895. The van der Waals surface area contributed by atoms with Gasteiger partial charge >= 0.3 is 0 Å². The number of hydrogen-bond donors (Lipinski definition) is 2. The molecule has 5 nitrogen and oxygen atoms in total.